The van der Waals surface area contributed by atoms with Gasteiger partial charge in [0.1, 0.15) is 11.6 Å². The molecule has 5 nitrogen and oxygen atoms in total. The van der Waals surface area contributed by atoms with E-state index in [1.807, 2.05) is 13.8 Å². The fraction of sp³-hybridized carbons (Fsp3) is 0.533. The molecule has 1 saturated heterocycles. The maximum Gasteiger partial charge on any atom is 0.340 e. The monoisotopic (exact) mass is 318 g/mol. The van der Waals surface area contributed by atoms with Gasteiger partial charge < -0.3 is 20.1 Å². The highest BCUT2D eigenvalue weighted by Crippen LogP contribution is 2.24. The zero-order valence-corrected chi connectivity index (χ0v) is 13.4. The minimum Gasteiger partial charge on any atom is -0.465 e. The number of ether oxygens (including phenoxy) is 1. The van der Waals surface area contributed by atoms with Gasteiger partial charge in [0.05, 0.1) is 18.4 Å². The molecule has 1 aliphatic heterocycles. The number of esters is 1. The van der Waals surface area contributed by atoms with Gasteiger partial charge in [-0.25, -0.2) is 13.6 Å². The summed E-state index contributed by atoms with van der Waals surface area (Å²) in [5, 5.41) is 10.1. The van der Waals surface area contributed by atoms with E-state index in [1.165, 1.54) is 6.07 Å². The zero-order chi connectivity index (χ0) is 17.1. The molecule has 1 aromatic rings. The quantitative estimate of drug-likeness (QED) is 0.814. The molecule has 1 aliphatic rings. The van der Waals surface area contributed by atoms with E-state index in [0.29, 0.717) is 13.1 Å². The molecule has 1 fully saturated rings. The zero-order valence-electron chi connectivity index (χ0n) is 13.4. The molecule has 0 spiro atoms. The van der Waals surface area contributed by atoms with Crippen molar-refractivity contribution in [1.82, 2.24) is 5.32 Å². The molecular weight excluding hydrogens is 294 g/mol. The minimum atomic E-state index is -0.904. The maximum absolute atomic E-state index is 13.7. The normalized spacial score (nSPS) is 13.3. The number of benzene rings is 1. The molecule has 0 aliphatic carbocycles. The number of rotatable bonds is 2. The number of hydrogen-bond donors (Lipinski definition) is 2. The SMILES string of the molecule is CC.CO.COC(=O)c1cc(N2CCNCC2)c(F)cc1F. The van der Waals surface area contributed by atoms with Crippen LogP contribution in [0.3, 0.4) is 0 Å². The first-order chi connectivity index (χ1) is 10.6. The molecule has 0 aromatic heterocycles. The molecular formula is C15H24F2N2O3. The van der Waals surface area contributed by atoms with Gasteiger partial charge in [-0.05, 0) is 6.07 Å². The van der Waals surface area contributed by atoms with E-state index in [1.54, 1.807) is 4.90 Å². The molecule has 22 heavy (non-hydrogen) atoms. The molecule has 1 aromatic carbocycles. The van der Waals surface area contributed by atoms with Crippen LogP contribution in [0.15, 0.2) is 12.1 Å². The number of carbonyl (C=O) groups is 1. The van der Waals surface area contributed by atoms with Crippen molar-refractivity contribution >= 4 is 11.7 Å². The van der Waals surface area contributed by atoms with Crippen LogP contribution in [-0.4, -0.2) is 51.5 Å². The number of nitrogens with zero attached hydrogens (tertiary/aromatic N) is 1. The number of anilines is 1. The predicted molar refractivity (Wildman–Crippen MR) is 82.3 cm³/mol. The number of hydrogen-bond acceptors (Lipinski definition) is 5. The van der Waals surface area contributed by atoms with Crippen LogP contribution >= 0.6 is 0 Å². The summed E-state index contributed by atoms with van der Waals surface area (Å²) in [4.78, 5) is 13.1. The summed E-state index contributed by atoms with van der Waals surface area (Å²) >= 11 is 0. The average molecular weight is 318 g/mol. The number of halogens is 2. The van der Waals surface area contributed by atoms with Crippen molar-refractivity contribution < 1.29 is 23.4 Å². The first-order valence-corrected chi connectivity index (χ1v) is 7.11. The summed E-state index contributed by atoms with van der Waals surface area (Å²) in [6.45, 7) is 6.68. The Morgan fingerprint density at radius 2 is 1.73 bits per heavy atom. The lowest BCUT2D eigenvalue weighted by Crippen LogP contribution is -2.44. The molecule has 7 heteroatoms. The molecule has 126 valence electrons. The highest BCUT2D eigenvalue weighted by atomic mass is 19.1. The smallest absolute Gasteiger partial charge is 0.340 e. The van der Waals surface area contributed by atoms with Gasteiger partial charge >= 0.3 is 5.97 Å². The van der Waals surface area contributed by atoms with Gasteiger partial charge in [-0.1, -0.05) is 13.8 Å². The van der Waals surface area contributed by atoms with E-state index in [0.717, 1.165) is 33.4 Å². The fourth-order valence-electron chi connectivity index (χ4n) is 1.95. The van der Waals surface area contributed by atoms with Crippen molar-refractivity contribution in [3.05, 3.63) is 29.3 Å². The summed E-state index contributed by atoms with van der Waals surface area (Å²) in [5.41, 5.74) is -0.00858. The van der Waals surface area contributed by atoms with Crippen molar-refractivity contribution in [2.75, 3.05) is 45.3 Å². The second-order valence-corrected chi connectivity index (χ2v) is 4.01. The molecule has 0 amide bonds. The Labute approximate surface area is 129 Å². The molecule has 1 heterocycles. The molecule has 0 atom stereocenters. The Balaban J connectivity index is 0.00000102. The van der Waals surface area contributed by atoms with Crippen LogP contribution in [0.5, 0.6) is 0 Å². The number of aliphatic hydroxyl groups is 1. The minimum absolute atomic E-state index is 0.235. The highest BCUT2D eigenvalue weighted by Gasteiger charge is 2.20. The molecule has 0 bridgehead atoms. The number of piperazine rings is 1. The van der Waals surface area contributed by atoms with E-state index in [-0.39, 0.29) is 11.3 Å². The summed E-state index contributed by atoms with van der Waals surface area (Å²) in [6, 6.07) is 1.94. The van der Waals surface area contributed by atoms with E-state index < -0.39 is 17.6 Å². The van der Waals surface area contributed by atoms with Crippen LogP contribution in [0.1, 0.15) is 24.2 Å². The number of nitrogens with one attached hydrogen (secondary N) is 1. The van der Waals surface area contributed by atoms with Gasteiger partial charge in [0, 0.05) is 39.4 Å². The van der Waals surface area contributed by atoms with E-state index >= 15 is 0 Å². The number of aliphatic hydroxyl groups excluding tert-OH is 1. The van der Waals surface area contributed by atoms with Crippen molar-refractivity contribution in [2.45, 2.75) is 13.8 Å². The summed E-state index contributed by atoms with van der Waals surface area (Å²) in [6.07, 6.45) is 0. The topological polar surface area (TPSA) is 61.8 Å². The Morgan fingerprint density at radius 1 is 1.18 bits per heavy atom. The summed E-state index contributed by atoms with van der Waals surface area (Å²) in [7, 11) is 2.16. The van der Waals surface area contributed by atoms with E-state index in [4.69, 9.17) is 5.11 Å². The maximum atomic E-state index is 13.7. The summed E-state index contributed by atoms with van der Waals surface area (Å²) in [5.74, 6) is -2.37. The van der Waals surface area contributed by atoms with E-state index in [9.17, 15) is 13.6 Å². The van der Waals surface area contributed by atoms with Crippen molar-refractivity contribution in [3.8, 4) is 0 Å². The van der Waals surface area contributed by atoms with Gasteiger partial charge in [0.15, 0.2) is 0 Å². The highest BCUT2D eigenvalue weighted by molar-refractivity contribution is 5.90. The third-order valence-electron chi connectivity index (χ3n) is 2.90. The van der Waals surface area contributed by atoms with Crippen LogP contribution < -0.4 is 10.2 Å². The lowest BCUT2D eigenvalue weighted by Gasteiger charge is -2.30. The van der Waals surface area contributed by atoms with Crippen LogP contribution in [0, 0.1) is 11.6 Å². The lowest BCUT2D eigenvalue weighted by atomic mass is 10.1. The molecule has 0 saturated carbocycles. The van der Waals surface area contributed by atoms with Crippen LogP contribution in [0.4, 0.5) is 14.5 Å². The van der Waals surface area contributed by atoms with Crippen LogP contribution in [0.25, 0.3) is 0 Å². The number of methoxy groups -OCH3 is 1. The first kappa shape index (κ1) is 20.3. The summed E-state index contributed by atoms with van der Waals surface area (Å²) < 4.78 is 31.7. The predicted octanol–water partition coefficient (Wildman–Crippen LogP) is 1.80. The average Bonchev–Trinajstić information content (AvgIpc) is 2.59. The third-order valence-corrected chi connectivity index (χ3v) is 2.90. The molecule has 2 rings (SSSR count). The van der Waals surface area contributed by atoms with Gasteiger partial charge in [-0.3, -0.25) is 0 Å². The fourth-order valence-corrected chi connectivity index (χ4v) is 1.95. The number of carbonyl (C=O) groups excluding carboxylic acids is 1. The van der Waals surface area contributed by atoms with Crippen LogP contribution in [-0.2, 0) is 4.74 Å². The molecule has 0 radical (unpaired) electrons. The lowest BCUT2D eigenvalue weighted by molar-refractivity contribution is 0.0595. The van der Waals surface area contributed by atoms with Crippen LogP contribution in [0.2, 0.25) is 0 Å². The Morgan fingerprint density at radius 3 is 2.23 bits per heavy atom. The Kier molecular flexibility index (Phi) is 10.1. The van der Waals surface area contributed by atoms with Crippen molar-refractivity contribution in [3.63, 3.8) is 0 Å². The molecule has 0 unspecified atom stereocenters. The van der Waals surface area contributed by atoms with E-state index in [2.05, 4.69) is 10.1 Å². The van der Waals surface area contributed by atoms with Gasteiger partial charge in [0.2, 0.25) is 0 Å². The first-order valence-electron chi connectivity index (χ1n) is 7.11. The van der Waals surface area contributed by atoms with Gasteiger partial charge in [0.25, 0.3) is 0 Å². The largest absolute Gasteiger partial charge is 0.465 e. The third kappa shape index (κ3) is 5.23. The molecule has 2 N–H and O–H groups in total. The Bertz CT molecular complexity index is 464. The van der Waals surface area contributed by atoms with Gasteiger partial charge in [-0.15, -0.1) is 0 Å². The Hall–Kier alpha value is -1.73. The second kappa shape index (κ2) is 10.9. The second-order valence-electron chi connectivity index (χ2n) is 4.01. The standard InChI is InChI=1S/C12H14F2N2O2.C2H6.CH4O/c1-18-12(17)8-6-11(10(14)7-9(8)13)16-4-2-15-3-5-16;2*1-2/h6-7,15H,2-5H2,1H3;1-2H3;2H,1H3. The van der Waals surface area contributed by atoms with Crippen molar-refractivity contribution in [2.24, 2.45) is 0 Å². The van der Waals surface area contributed by atoms with Gasteiger partial charge in [-0.2, -0.15) is 0 Å². The van der Waals surface area contributed by atoms with Crippen molar-refractivity contribution in [1.29, 1.82) is 0 Å².